The van der Waals surface area contributed by atoms with E-state index in [1.807, 2.05) is 0 Å². The Morgan fingerprint density at radius 3 is 2.79 bits per heavy atom. The Bertz CT molecular complexity index is 360. The fourth-order valence-electron chi connectivity index (χ4n) is 1.09. The standard InChI is InChI=1S/C7H13N3O3S/c1-2-10(5-6-11)14(12,13)7-3-4-8-9-7/h3-4,11H,2,5-6H2,1H3,(H,8,9). The average molecular weight is 219 g/mol. The molecule has 1 aromatic rings. The number of nitrogens with one attached hydrogen (secondary N) is 1. The summed E-state index contributed by atoms with van der Waals surface area (Å²) >= 11 is 0. The molecule has 80 valence electrons. The third kappa shape index (κ3) is 2.11. The molecular formula is C7H13N3O3S. The van der Waals surface area contributed by atoms with E-state index in [-0.39, 0.29) is 18.2 Å². The summed E-state index contributed by atoms with van der Waals surface area (Å²) in [6, 6.07) is 1.38. The zero-order chi connectivity index (χ0) is 10.6. The molecule has 1 heterocycles. The summed E-state index contributed by atoms with van der Waals surface area (Å²) in [5.74, 6) is 0. The topological polar surface area (TPSA) is 86.3 Å². The normalized spacial score (nSPS) is 12.2. The van der Waals surface area contributed by atoms with Gasteiger partial charge in [-0.25, -0.2) is 8.42 Å². The van der Waals surface area contributed by atoms with Crippen molar-refractivity contribution in [3.05, 3.63) is 12.3 Å². The molecule has 0 fully saturated rings. The second-order valence-corrected chi connectivity index (χ2v) is 4.55. The highest BCUT2D eigenvalue weighted by atomic mass is 32.2. The quantitative estimate of drug-likeness (QED) is 0.693. The van der Waals surface area contributed by atoms with Gasteiger partial charge in [-0.1, -0.05) is 6.92 Å². The van der Waals surface area contributed by atoms with Gasteiger partial charge in [0, 0.05) is 13.1 Å². The summed E-state index contributed by atoms with van der Waals surface area (Å²) in [5.41, 5.74) is 0. The Balaban J connectivity index is 2.94. The number of aliphatic hydroxyl groups is 1. The van der Waals surface area contributed by atoms with E-state index in [0.717, 1.165) is 0 Å². The number of H-pyrrole nitrogens is 1. The highest BCUT2D eigenvalue weighted by Crippen LogP contribution is 2.10. The molecule has 0 saturated carbocycles. The van der Waals surface area contributed by atoms with E-state index >= 15 is 0 Å². The molecule has 7 heteroatoms. The van der Waals surface area contributed by atoms with Gasteiger partial charge in [0.1, 0.15) is 0 Å². The van der Waals surface area contributed by atoms with Crippen LogP contribution in [0.3, 0.4) is 0 Å². The third-order valence-corrected chi connectivity index (χ3v) is 3.70. The average Bonchev–Trinajstić information content (AvgIpc) is 2.66. The lowest BCUT2D eigenvalue weighted by Gasteiger charge is -2.17. The largest absolute Gasteiger partial charge is 0.395 e. The number of aliphatic hydroxyl groups excluding tert-OH is 1. The summed E-state index contributed by atoms with van der Waals surface area (Å²) < 4.78 is 24.7. The zero-order valence-corrected chi connectivity index (χ0v) is 8.66. The highest BCUT2D eigenvalue weighted by Gasteiger charge is 2.23. The summed E-state index contributed by atoms with van der Waals surface area (Å²) in [4.78, 5) is 0. The molecule has 1 rings (SSSR count). The van der Waals surface area contributed by atoms with Gasteiger partial charge in [0.25, 0.3) is 10.0 Å². The molecule has 0 radical (unpaired) electrons. The van der Waals surface area contributed by atoms with Crippen LogP contribution >= 0.6 is 0 Å². The second-order valence-electron chi connectivity index (χ2n) is 2.64. The van der Waals surface area contributed by atoms with Crippen molar-refractivity contribution in [2.75, 3.05) is 19.7 Å². The first-order valence-corrected chi connectivity index (χ1v) is 5.67. The van der Waals surface area contributed by atoms with Gasteiger partial charge in [0.05, 0.1) is 12.8 Å². The minimum absolute atomic E-state index is 0.0489. The van der Waals surface area contributed by atoms with Crippen molar-refractivity contribution in [3.63, 3.8) is 0 Å². The van der Waals surface area contributed by atoms with Gasteiger partial charge in [-0.2, -0.15) is 9.40 Å². The molecule has 0 atom stereocenters. The van der Waals surface area contributed by atoms with Crippen LogP contribution in [0.5, 0.6) is 0 Å². The fraction of sp³-hybridized carbons (Fsp3) is 0.571. The van der Waals surface area contributed by atoms with E-state index in [2.05, 4.69) is 10.2 Å². The van der Waals surface area contributed by atoms with Gasteiger partial charge >= 0.3 is 0 Å². The fourth-order valence-corrected chi connectivity index (χ4v) is 2.43. The van der Waals surface area contributed by atoms with Gasteiger partial charge in [-0.15, -0.1) is 0 Å². The van der Waals surface area contributed by atoms with Crippen molar-refractivity contribution in [1.82, 2.24) is 14.5 Å². The van der Waals surface area contributed by atoms with Crippen LogP contribution in [-0.4, -0.2) is 47.7 Å². The first-order valence-electron chi connectivity index (χ1n) is 4.23. The molecule has 0 aliphatic heterocycles. The maximum Gasteiger partial charge on any atom is 0.260 e. The van der Waals surface area contributed by atoms with Crippen LogP contribution in [0.25, 0.3) is 0 Å². The lowest BCUT2D eigenvalue weighted by atomic mass is 10.6. The second kappa shape index (κ2) is 4.54. The summed E-state index contributed by atoms with van der Waals surface area (Å²) in [6.45, 7) is 1.94. The number of hydrogen-bond donors (Lipinski definition) is 2. The molecule has 0 spiro atoms. The highest BCUT2D eigenvalue weighted by molar-refractivity contribution is 7.89. The van der Waals surface area contributed by atoms with Crippen molar-refractivity contribution >= 4 is 10.0 Å². The van der Waals surface area contributed by atoms with Gasteiger partial charge < -0.3 is 5.11 Å². The SMILES string of the molecule is CCN(CCO)S(=O)(=O)c1ccn[nH]1. The molecular weight excluding hydrogens is 206 g/mol. The van der Waals surface area contributed by atoms with E-state index in [1.54, 1.807) is 6.92 Å². The summed E-state index contributed by atoms with van der Waals surface area (Å²) in [5, 5.41) is 14.7. The number of hydrogen-bond acceptors (Lipinski definition) is 4. The Labute approximate surface area is 82.6 Å². The predicted molar refractivity (Wildman–Crippen MR) is 50.1 cm³/mol. The monoisotopic (exact) mass is 219 g/mol. The number of nitrogens with zero attached hydrogens (tertiary/aromatic N) is 2. The zero-order valence-electron chi connectivity index (χ0n) is 7.84. The van der Waals surface area contributed by atoms with Crippen LogP contribution in [0.4, 0.5) is 0 Å². The molecule has 0 bridgehead atoms. The number of aromatic amines is 1. The number of aromatic nitrogens is 2. The van der Waals surface area contributed by atoms with Gasteiger partial charge in [-0.05, 0) is 6.07 Å². The first-order chi connectivity index (χ1) is 6.62. The third-order valence-electron chi connectivity index (χ3n) is 1.80. The predicted octanol–water partition coefficient (Wildman–Crippen LogP) is -0.587. The molecule has 0 amide bonds. The maximum atomic E-state index is 11.8. The van der Waals surface area contributed by atoms with E-state index < -0.39 is 10.0 Å². The Morgan fingerprint density at radius 1 is 1.64 bits per heavy atom. The molecule has 1 aromatic heterocycles. The van der Waals surface area contributed by atoms with Crippen molar-refractivity contribution in [2.45, 2.75) is 11.9 Å². The molecule has 0 aliphatic rings. The van der Waals surface area contributed by atoms with E-state index in [1.165, 1.54) is 16.6 Å². The molecule has 0 unspecified atom stereocenters. The molecule has 0 aliphatic carbocycles. The molecule has 2 N–H and O–H groups in total. The number of likely N-dealkylation sites (N-methyl/N-ethyl adjacent to an activating group) is 1. The lowest BCUT2D eigenvalue weighted by Crippen LogP contribution is -2.33. The Hall–Kier alpha value is -0.920. The van der Waals surface area contributed by atoms with Crippen molar-refractivity contribution in [2.24, 2.45) is 0 Å². The summed E-state index contributed by atoms with van der Waals surface area (Å²) in [7, 11) is -3.51. The van der Waals surface area contributed by atoms with Crippen molar-refractivity contribution in [1.29, 1.82) is 0 Å². The van der Waals surface area contributed by atoms with Gasteiger partial charge in [0.15, 0.2) is 5.03 Å². The molecule has 0 aromatic carbocycles. The van der Waals surface area contributed by atoms with E-state index in [0.29, 0.717) is 6.54 Å². The van der Waals surface area contributed by atoms with Crippen LogP contribution in [0, 0.1) is 0 Å². The van der Waals surface area contributed by atoms with Crippen molar-refractivity contribution in [3.8, 4) is 0 Å². The Kier molecular flexibility index (Phi) is 3.62. The number of sulfonamides is 1. The van der Waals surface area contributed by atoms with E-state index in [4.69, 9.17) is 5.11 Å². The van der Waals surface area contributed by atoms with Gasteiger partial charge in [0.2, 0.25) is 0 Å². The van der Waals surface area contributed by atoms with Crippen LogP contribution in [-0.2, 0) is 10.0 Å². The van der Waals surface area contributed by atoms with Gasteiger partial charge in [-0.3, -0.25) is 5.10 Å². The minimum Gasteiger partial charge on any atom is -0.395 e. The maximum absolute atomic E-state index is 11.8. The first kappa shape index (κ1) is 11.2. The van der Waals surface area contributed by atoms with Crippen LogP contribution in [0.15, 0.2) is 17.3 Å². The van der Waals surface area contributed by atoms with Crippen LogP contribution in [0.1, 0.15) is 6.92 Å². The minimum atomic E-state index is -3.51. The smallest absolute Gasteiger partial charge is 0.260 e. The van der Waals surface area contributed by atoms with Crippen LogP contribution < -0.4 is 0 Å². The number of rotatable bonds is 5. The molecule has 0 saturated heterocycles. The summed E-state index contributed by atoms with van der Waals surface area (Å²) in [6.07, 6.45) is 1.37. The van der Waals surface area contributed by atoms with Crippen molar-refractivity contribution < 1.29 is 13.5 Å². The van der Waals surface area contributed by atoms with Crippen LogP contribution in [0.2, 0.25) is 0 Å². The lowest BCUT2D eigenvalue weighted by molar-refractivity contribution is 0.256. The molecule has 14 heavy (non-hydrogen) atoms. The van der Waals surface area contributed by atoms with E-state index in [9.17, 15) is 8.42 Å². The molecule has 6 nitrogen and oxygen atoms in total. The Morgan fingerprint density at radius 2 is 2.36 bits per heavy atom.